The number of carbonyl (C=O) groups excluding carboxylic acids is 2. The summed E-state index contributed by atoms with van der Waals surface area (Å²) in [6.45, 7) is 9.18. The van der Waals surface area contributed by atoms with E-state index in [0.29, 0.717) is 23.7 Å². The number of alkyl carbamates (subject to hydrolysis) is 1. The van der Waals surface area contributed by atoms with Crippen LogP contribution in [0.5, 0.6) is 11.5 Å². The zero-order valence-electron chi connectivity index (χ0n) is 15.7. The Hall–Kier alpha value is -3.28. The molecule has 0 aliphatic rings. The summed E-state index contributed by atoms with van der Waals surface area (Å²) >= 11 is 0. The molecule has 2 amide bonds. The van der Waals surface area contributed by atoms with E-state index in [1.54, 1.807) is 24.3 Å². The molecule has 0 heterocycles. The van der Waals surface area contributed by atoms with Gasteiger partial charge in [0, 0.05) is 18.3 Å². The molecule has 0 aromatic heterocycles. The smallest absolute Gasteiger partial charge is 0.407 e. The Morgan fingerprint density at radius 2 is 1.74 bits per heavy atom. The Morgan fingerprint density at radius 3 is 2.41 bits per heavy atom. The van der Waals surface area contributed by atoms with Crippen molar-refractivity contribution < 1.29 is 19.1 Å². The fourth-order valence-electron chi connectivity index (χ4n) is 2.17. The van der Waals surface area contributed by atoms with Gasteiger partial charge in [0.15, 0.2) is 0 Å². The van der Waals surface area contributed by atoms with Gasteiger partial charge in [0.1, 0.15) is 17.1 Å². The Balaban J connectivity index is 1.99. The number of amides is 2. The van der Waals surface area contributed by atoms with Gasteiger partial charge in [0.25, 0.3) is 0 Å². The van der Waals surface area contributed by atoms with Crippen molar-refractivity contribution in [2.75, 3.05) is 5.32 Å². The van der Waals surface area contributed by atoms with Crippen molar-refractivity contribution in [1.82, 2.24) is 5.32 Å². The zero-order valence-corrected chi connectivity index (χ0v) is 15.7. The second kappa shape index (κ2) is 8.89. The van der Waals surface area contributed by atoms with Crippen LogP contribution in [0.1, 0.15) is 26.3 Å². The van der Waals surface area contributed by atoms with Gasteiger partial charge >= 0.3 is 6.09 Å². The predicted molar refractivity (Wildman–Crippen MR) is 105 cm³/mol. The summed E-state index contributed by atoms with van der Waals surface area (Å²) < 4.78 is 11.1. The van der Waals surface area contributed by atoms with Gasteiger partial charge in [-0.3, -0.25) is 4.79 Å². The number of hydrogen-bond donors (Lipinski definition) is 2. The second-order valence-corrected chi connectivity index (χ2v) is 6.83. The van der Waals surface area contributed by atoms with Crippen LogP contribution in [0.15, 0.2) is 61.2 Å². The Morgan fingerprint density at radius 1 is 1.07 bits per heavy atom. The summed E-state index contributed by atoms with van der Waals surface area (Å²) in [4.78, 5) is 23.1. The third kappa shape index (κ3) is 7.23. The first-order valence-corrected chi connectivity index (χ1v) is 8.52. The van der Waals surface area contributed by atoms with Crippen LogP contribution in [0.4, 0.5) is 10.5 Å². The van der Waals surface area contributed by atoms with Crippen LogP contribution in [0.2, 0.25) is 0 Å². The Kier molecular flexibility index (Phi) is 6.60. The molecular weight excluding hydrogens is 344 g/mol. The highest BCUT2D eigenvalue weighted by Crippen LogP contribution is 2.25. The van der Waals surface area contributed by atoms with Gasteiger partial charge in [0.05, 0.1) is 0 Å². The van der Waals surface area contributed by atoms with Gasteiger partial charge in [-0.15, -0.1) is 0 Å². The minimum Gasteiger partial charge on any atom is -0.457 e. The molecule has 0 saturated heterocycles. The van der Waals surface area contributed by atoms with E-state index < -0.39 is 11.7 Å². The summed E-state index contributed by atoms with van der Waals surface area (Å²) in [6, 6.07) is 14.4. The van der Waals surface area contributed by atoms with Crippen molar-refractivity contribution in [3.05, 3.63) is 66.7 Å². The molecule has 0 spiro atoms. The van der Waals surface area contributed by atoms with Crippen molar-refractivity contribution in [2.45, 2.75) is 32.9 Å². The zero-order chi connectivity index (χ0) is 19.9. The molecule has 0 unspecified atom stereocenters. The monoisotopic (exact) mass is 368 g/mol. The molecule has 2 aromatic carbocycles. The summed E-state index contributed by atoms with van der Waals surface area (Å²) in [5, 5.41) is 5.39. The number of rotatable bonds is 6. The molecule has 27 heavy (non-hydrogen) atoms. The highest BCUT2D eigenvalue weighted by Gasteiger charge is 2.15. The lowest BCUT2D eigenvalue weighted by Crippen LogP contribution is -2.32. The highest BCUT2D eigenvalue weighted by atomic mass is 16.6. The molecule has 0 atom stereocenters. The Bertz CT molecular complexity index is 825. The van der Waals surface area contributed by atoms with E-state index in [1.807, 2.05) is 45.0 Å². The molecule has 2 rings (SSSR count). The average molecular weight is 368 g/mol. The van der Waals surface area contributed by atoms with Gasteiger partial charge in [-0.25, -0.2) is 4.79 Å². The number of nitrogens with one attached hydrogen (secondary N) is 2. The van der Waals surface area contributed by atoms with E-state index in [4.69, 9.17) is 9.47 Å². The van der Waals surface area contributed by atoms with E-state index in [9.17, 15) is 9.59 Å². The first kappa shape index (κ1) is 20.0. The van der Waals surface area contributed by atoms with Crippen LogP contribution in [0.25, 0.3) is 0 Å². The second-order valence-electron chi connectivity index (χ2n) is 6.83. The lowest BCUT2D eigenvalue weighted by Gasteiger charge is -2.19. The molecule has 0 saturated carbocycles. The molecule has 142 valence electrons. The van der Waals surface area contributed by atoms with Crippen molar-refractivity contribution >= 4 is 17.7 Å². The highest BCUT2D eigenvalue weighted by molar-refractivity contribution is 5.98. The molecular formula is C21H24N2O4. The number of hydrogen-bond acceptors (Lipinski definition) is 4. The van der Waals surface area contributed by atoms with Crippen LogP contribution < -0.4 is 15.4 Å². The molecule has 2 N–H and O–H groups in total. The van der Waals surface area contributed by atoms with Crippen LogP contribution in [-0.2, 0) is 16.1 Å². The average Bonchev–Trinajstić information content (AvgIpc) is 2.59. The lowest BCUT2D eigenvalue weighted by molar-refractivity contribution is -0.111. The lowest BCUT2D eigenvalue weighted by atomic mass is 10.2. The quantitative estimate of drug-likeness (QED) is 0.729. The van der Waals surface area contributed by atoms with Crippen LogP contribution >= 0.6 is 0 Å². The number of benzene rings is 2. The third-order valence-corrected chi connectivity index (χ3v) is 3.26. The first-order chi connectivity index (χ1) is 12.7. The minimum atomic E-state index is -0.541. The maximum atomic E-state index is 11.8. The van der Waals surface area contributed by atoms with Crippen LogP contribution in [0.3, 0.4) is 0 Å². The van der Waals surface area contributed by atoms with Gasteiger partial charge in [-0.05, 0) is 56.7 Å². The number of carbonyl (C=O) groups is 2. The SMILES string of the molecule is C=CC(=O)Nc1cccc(Oc2cccc(CNC(=O)OC(C)(C)C)c2)c1. The first-order valence-electron chi connectivity index (χ1n) is 8.52. The minimum absolute atomic E-state index is 0.289. The predicted octanol–water partition coefficient (Wildman–Crippen LogP) is 4.63. The van der Waals surface area contributed by atoms with Crippen molar-refractivity contribution in [1.29, 1.82) is 0 Å². The van der Waals surface area contributed by atoms with Crippen molar-refractivity contribution in [3.8, 4) is 11.5 Å². The van der Waals surface area contributed by atoms with Crippen molar-refractivity contribution in [2.24, 2.45) is 0 Å². The fraction of sp³-hybridized carbons (Fsp3) is 0.238. The van der Waals surface area contributed by atoms with E-state index >= 15 is 0 Å². The maximum Gasteiger partial charge on any atom is 0.407 e. The van der Waals surface area contributed by atoms with E-state index in [2.05, 4.69) is 17.2 Å². The van der Waals surface area contributed by atoms with Gasteiger partial charge in [-0.1, -0.05) is 24.8 Å². The molecule has 6 nitrogen and oxygen atoms in total. The Labute approximate surface area is 159 Å². The molecule has 6 heteroatoms. The fourth-order valence-corrected chi connectivity index (χ4v) is 2.17. The normalized spacial score (nSPS) is 10.6. The molecule has 0 aliphatic carbocycles. The van der Waals surface area contributed by atoms with E-state index in [-0.39, 0.29) is 5.91 Å². The number of ether oxygens (including phenoxy) is 2. The number of anilines is 1. The van der Waals surface area contributed by atoms with Gasteiger partial charge in [-0.2, -0.15) is 0 Å². The topological polar surface area (TPSA) is 76.7 Å². The van der Waals surface area contributed by atoms with E-state index in [1.165, 1.54) is 6.08 Å². The van der Waals surface area contributed by atoms with Gasteiger partial charge in [0.2, 0.25) is 5.91 Å². The largest absolute Gasteiger partial charge is 0.457 e. The molecule has 2 aromatic rings. The van der Waals surface area contributed by atoms with Crippen LogP contribution in [0, 0.1) is 0 Å². The molecule has 0 aliphatic heterocycles. The van der Waals surface area contributed by atoms with Crippen LogP contribution in [-0.4, -0.2) is 17.6 Å². The summed E-state index contributed by atoms with van der Waals surface area (Å²) in [6.07, 6.45) is 0.730. The maximum absolute atomic E-state index is 11.8. The van der Waals surface area contributed by atoms with Gasteiger partial charge < -0.3 is 20.1 Å². The summed E-state index contributed by atoms with van der Waals surface area (Å²) in [5.41, 5.74) is 0.941. The van der Waals surface area contributed by atoms with E-state index in [0.717, 1.165) is 5.56 Å². The molecule has 0 bridgehead atoms. The molecule has 0 radical (unpaired) electrons. The third-order valence-electron chi connectivity index (χ3n) is 3.26. The standard InChI is InChI=1S/C21H24N2O4/c1-5-19(24)23-16-9-7-11-18(13-16)26-17-10-6-8-15(12-17)14-22-20(25)27-21(2,3)4/h5-13H,1,14H2,2-4H3,(H,22,25)(H,23,24). The molecule has 0 fully saturated rings. The summed E-state index contributed by atoms with van der Waals surface area (Å²) in [5.74, 6) is 0.905. The summed E-state index contributed by atoms with van der Waals surface area (Å²) in [7, 11) is 0. The van der Waals surface area contributed by atoms with Crippen molar-refractivity contribution in [3.63, 3.8) is 0 Å².